The van der Waals surface area contributed by atoms with E-state index in [4.69, 9.17) is 0 Å². The number of nitrogens with zero attached hydrogens (tertiary/aromatic N) is 3. The summed E-state index contributed by atoms with van der Waals surface area (Å²) in [4.78, 5) is 14.2. The summed E-state index contributed by atoms with van der Waals surface area (Å²) in [6.45, 7) is 5.70. The minimum atomic E-state index is 0.0380. The highest BCUT2D eigenvalue weighted by Gasteiger charge is 2.33. The summed E-state index contributed by atoms with van der Waals surface area (Å²) in [6, 6.07) is 0.439. The van der Waals surface area contributed by atoms with Gasteiger partial charge < -0.3 is 10.2 Å². The van der Waals surface area contributed by atoms with Crippen LogP contribution in [0.5, 0.6) is 0 Å². The quantitative estimate of drug-likeness (QED) is 0.843. The molecule has 1 aliphatic rings. The Hall–Kier alpha value is -1.17. The average molecular weight is 254 g/mol. The van der Waals surface area contributed by atoms with Crippen molar-refractivity contribution in [3.63, 3.8) is 0 Å². The fourth-order valence-electron chi connectivity index (χ4n) is 1.73. The molecule has 0 unspecified atom stereocenters. The summed E-state index contributed by atoms with van der Waals surface area (Å²) in [5.74, 6) is 0.0380. The van der Waals surface area contributed by atoms with Gasteiger partial charge in [0.15, 0.2) is 0 Å². The molecule has 2 rings (SSSR count). The number of anilines is 1. The largest absolute Gasteiger partial charge is 0.360 e. The number of nitrogens with one attached hydrogen (secondary N) is 1. The highest BCUT2D eigenvalue weighted by molar-refractivity contribution is 7.17. The van der Waals surface area contributed by atoms with Gasteiger partial charge in [-0.05, 0) is 26.2 Å². The number of hydrogen-bond acceptors (Lipinski definition) is 5. The topological polar surface area (TPSA) is 58.1 Å². The van der Waals surface area contributed by atoms with Gasteiger partial charge in [-0.3, -0.25) is 4.79 Å². The minimum absolute atomic E-state index is 0.0380. The third kappa shape index (κ3) is 2.94. The lowest BCUT2D eigenvalue weighted by Crippen LogP contribution is -2.33. The fourth-order valence-corrected chi connectivity index (χ4v) is 2.50. The van der Waals surface area contributed by atoms with Crippen LogP contribution in [0, 0.1) is 0 Å². The van der Waals surface area contributed by atoms with Crippen LogP contribution < -0.4 is 5.32 Å². The first kappa shape index (κ1) is 12.3. The third-order valence-corrected chi connectivity index (χ3v) is 3.52. The van der Waals surface area contributed by atoms with Crippen LogP contribution in [0.1, 0.15) is 42.9 Å². The molecule has 1 amide bonds. The lowest BCUT2D eigenvalue weighted by atomic mass is 10.4. The number of amides is 1. The maximum atomic E-state index is 12.2. The number of hydrogen-bond donors (Lipinski definition) is 1. The SMILES string of the molecule is CCCN(C(=O)c1nnc(NCC)s1)C1CC1. The zero-order valence-corrected chi connectivity index (χ0v) is 11.1. The van der Waals surface area contributed by atoms with E-state index in [-0.39, 0.29) is 5.91 Å². The summed E-state index contributed by atoms with van der Waals surface area (Å²) in [6.07, 6.45) is 3.25. The van der Waals surface area contributed by atoms with Crippen LogP contribution in [0.4, 0.5) is 5.13 Å². The smallest absolute Gasteiger partial charge is 0.285 e. The third-order valence-electron chi connectivity index (χ3n) is 2.65. The molecule has 6 heteroatoms. The maximum Gasteiger partial charge on any atom is 0.285 e. The summed E-state index contributed by atoms with van der Waals surface area (Å²) < 4.78 is 0. The Labute approximate surface area is 105 Å². The van der Waals surface area contributed by atoms with Crippen LogP contribution in [0.25, 0.3) is 0 Å². The van der Waals surface area contributed by atoms with Crippen molar-refractivity contribution in [3.8, 4) is 0 Å². The summed E-state index contributed by atoms with van der Waals surface area (Å²) in [5.41, 5.74) is 0. The summed E-state index contributed by atoms with van der Waals surface area (Å²) in [5, 5.41) is 12.2. The van der Waals surface area contributed by atoms with Crippen molar-refractivity contribution < 1.29 is 4.79 Å². The molecule has 1 aromatic heterocycles. The molecule has 0 saturated heterocycles. The number of carbonyl (C=O) groups is 1. The molecule has 1 heterocycles. The van der Waals surface area contributed by atoms with Crippen molar-refractivity contribution in [1.82, 2.24) is 15.1 Å². The van der Waals surface area contributed by atoms with Crippen LogP contribution in [-0.4, -0.2) is 40.1 Å². The van der Waals surface area contributed by atoms with Gasteiger partial charge in [-0.15, -0.1) is 10.2 Å². The lowest BCUT2D eigenvalue weighted by molar-refractivity contribution is 0.0742. The second-order valence-electron chi connectivity index (χ2n) is 4.17. The van der Waals surface area contributed by atoms with E-state index in [2.05, 4.69) is 22.4 Å². The van der Waals surface area contributed by atoms with Crippen LogP contribution >= 0.6 is 11.3 Å². The van der Waals surface area contributed by atoms with Gasteiger partial charge >= 0.3 is 0 Å². The predicted molar refractivity (Wildman–Crippen MR) is 68.4 cm³/mol. The Balaban J connectivity index is 2.05. The molecule has 0 radical (unpaired) electrons. The predicted octanol–water partition coefficient (Wildman–Crippen LogP) is 1.98. The number of aromatic nitrogens is 2. The molecule has 0 atom stereocenters. The molecule has 94 valence electrons. The molecule has 0 aliphatic heterocycles. The molecule has 1 fully saturated rings. The Morgan fingerprint density at radius 1 is 1.47 bits per heavy atom. The van der Waals surface area contributed by atoms with Gasteiger partial charge in [0.05, 0.1) is 0 Å². The molecule has 5 nitrogen and oxygen atoms in total. The van der Waals surface area contributed by atoms with Crippen LogP contribution in [-0.2, 0) is 0 Å². The normalized spacial score (nSPS) is 14.7. The van der Waals surface area contributed by atoms with E-state index in [1.165, 1.54) is 11.3 Å². The first-order chi connectivity index (χ1) is 8.26. The Morgan fingerprint density at radius 2 is 2.24 bits per heavy atom. The van der Waals surface area contributed by atoms with Gasteiger partial charge in [0, 0.05) is 19.1 Å². The molecule has 1 aromatic rings. The van der Waals surface area contributed by atoms with Crippen molar-refractivity contribution in [3.05, 3.63) is 5.01 Å². The van der Waals surface area contributed by atoms with E-state index < -0.39 is 0 Å². The first-order valence-corrected chi connectivity index (χ1v) is 6.96. The molecule has 1 aliphatic carbocycles. The summed E-state index contributed by atoms with van der Waals surface area (Å²) in [7, 11) is 0. The van der Waals surface area contributed by atoms with E-state index in [1.807, 2.05) is 11.8 Å². The van der Waals surface area contributed by atoms with Crippen LogP contribution in [0.3, 0.4) is 0 Å². The molecule has 0 spiro atoms. The molecule has 1 N–H and O–H groups in total. The Bertz CT molecular complexity index is 389. The van der Waals surface area contributed by atoms with Crippen molar-refractivity contribution in [2.45, 2.75) is 39.2 Å². The number of carbonyl (C=O) groups excluding carboxylic acids is 1. The highest BCUT2D eigenvalue weighted by atomic mass is 32.1. The number of rotatable bonds is 6. The summed E-state index contributed by atoms with van der Waals surface area (Å²) >= 11 is 1.34. The first-order valence-electron chi connectivity index (χ1n) is 6.14. The van der Waals surface area contributed by atoms with Gasteiger partial charge in [0.25, 0.3) is 5.91 Å². The maximum absolute atomic E-state index is 12.2. The molecule has 17 heavy (non-hydrogen) atoms. The Kier molecular flexibility index (Phi) is 3.93. The zero-order chi connectivity index (χ0) is 12.3. The highest BCUT2D eigenvalue weighted by Crippen LogP contribution is 2.29. The average Bonchev–Trinajstić information content (AvgIpc) is 3.06. The van der Waals surface area contributed by atoms with Crippen molar-refractivity contribution >= 4 is 22.4 Å². The van der Waals surface area contributed by atoms with Crippen molar-refractivity contribution in [2.24, 2.45) is 0 Å². The van der Waals surface area contributed by atoms with E-state index in [0.717, 1.165) is 37.5 Å². The standard InChI is InChI=1S/C11H18N4OS/c1-3-7-15(8-5-6-8)10(16)9-13-14-11(17-9)12-4-2/h8H,3-7H2,1-2H3,(H,12,14). The second kappa shape index (κ2) is 5.44. The monoisotopic (exact) mass is 254 g/mol. The van der Waals surface area contributed by atoms with Gasteiger partial charge in [-0.2, -0.15) is 0 Å². The van der Waals surface area contributed by atoms with E-state index >= 15 is 0 Å². The van der Waals surface area contributed by atoms with Gasteiger partial charge in [0.2, 0.25) is 10.1 Å². The zero-order valence-electron chi connectivity index (χ0n) is 10.3. The van der Waals surface area contributed by atoms with Gasteiger partial charge in [-0.1, -0.05) is 18.3 Å². The molecular weight excluding hydrogens is 236 g/mol. The molecule has 0 bridgehead atoms. The van der Waals surface area contributed by atoms with E-state index in [9.17, 15) is 4.79 Å². The van der Waals surface area contributed by atoms with E-state index in [0.29, 0.717) is 11.0 Å². The Morgan fingerprint density at radius 3 is 2.82 bits per heavy atom. The van der Waals surface area contributed by atoms with E-state index in [1.54, 1.807) is 0 Å². The van der Waals surface area contributed by atoms with Crippen molar-refractivity contribution in [1.29, 1.82) is 0 Å². The van der Waals surface area contributed by atoms with Crippen molar-refractivity contribution in [2.75, 3.05) is 18.4 Å². The minimum Gasteiger partial charge on any atom is -0.360 e. The molecule has 1 saturated carbocycles. The second-order valence-corrected chi connectivity index (χ2v) is 5.15. The van der Waals surface area contributed by atoms with Gasteiger partial charge in [-0.25, -0.2) is 0 Å². The molecular formula is C11H18N4OS. The van der Waals surface area contributed by atoms with Crippen LogP contribution in [0.2, 0.25) is 0 Å². The van der Waals surface area contributed by atoms with Crippen LogP contribution in [0.15, 0.2) is 0 Å². The van der Waals surface area contributed by atoms with Gasteiger partial charge in [0.1, 0.15) is 0 Å². The lowest BCUT2D eigenvalue weighted by Gasteiger charge is -2.19. The molecule has 0 aromatic carbocycles. The fraction of sp³-hybridized carbons (Fsp3) is 0.727.